The van der Waals surface area contributed by atoms with Crippen molar-refractivity contribution >= 4 is 0 Å². The van der Waals surface area contributed by atoms with Crippen LogP contribution in [0.4, 0.5) is 0 Å². The lowest BCUT2D eigenvalue weighted by Crippen LogP contribution is -2.29. The van der Waals surface area contributed by atoms with E-state index in [1.807, 2.05) is 18.2 Å². The van der Waals surface area contributed by atoms with E-state index in [0.717, 1.165) is 23.6 Å². The maximum Gasteiger partial charge on any atom is 0.122 e. The molecule has 0 saturated heterocycles. The van der Waals surface area contributed by atoms with Crippen LogP contribution in [0.3, 0.4) is 0 Å². The third-order valence-corrected chi connectivity index (χ3v) is 2.48. The number of hydrogen-bond donors (Lipinski definition) is 1. The van der Waals surface area contributed by atoms with Crippen LogP contribution in [-0.4, -0.2) is 34.0 Å². The maximum absolute atomic E-state index is 5.22. The molecule has 4 heteroatoms. The highest BCUT2D eigenvalue weighted by Gasteiger charge is 2.04. The third kappa shape index (κ3) is 4.63. The zero-order valence-corrected chi connectivity index (χ0v) is 10.9. The second kappa shape index (κ2) is 7.14. The molecule has 0 saturated carbocycles. The monoisotopic (exact) mass is 239 g/mol. The van der Waals surface area contributed by atoms with Gasteiger partial charge in [-0.3, -0.25) is 0 Å². The molecule has 1 rings (SSSR count). The molecule has 4 nitrogen and oxygen atoms in total. The van der Waals surface area contributed by atoms with Gasteiger partial charge in [-0.15, -0.1) is 0 Å². The van der Waals surface area contributed by atoms with Gasteiger partial charge in [0.1, 0.15) is 11.5 Å². The first-order valence-electron chi connectivity index (χ1n) is 5.64. The topological polar surface area (TPSA) is 39.7 Å². The molecule has 96 valence electrons. The molecular weight excluding hydrogens is 218 g/mol. The normalized spacial score (nSPS) is 12.2. The first-order valence-corrected chi connectivity index (χ1v) is 5.64. The van der Waals surface area contributed by atoms with E-state index in [1.54, 1.807) is 21.3 Å². The maximum atomic E-state index is 5.22. The predicted molar refractivity (Wildman–Crippen MR) is 67.7 cm³/mol. The molecule has 0 aliphatic rings. The molecule has 1 atom stereocenters. The minimum absolute atomic E-state index is 0.317. The number of hydrogen-bond acceptors (Lipinski definition) is 4. The first-order chi connectivity index (χ1) is 8.19. The molecule has 0 radical (unpaired) electrons. The van der Waals surface area contributed by atoms with E-state index < -0.39 is 0 Å². The highest BCUT2D eigenvalue weighted by Crippen LogP contribution is 2.22. The molecule has 0 aliphatic carbocycles. The summed E-state index contributed by atoms with van der Waals surface area (Å²) in [6.07, 6.45) is 0. The van der Waals surface area contributed by atoms with Gasteiger partial charge in [-0.25, -0.2) is 0 Å². The van der Waals surface area contributed by atoms with Crippen LogP contribution in [0.25, 0.3) is 0 Å². The summed E-state index contributed by atoms with van der Waals surface area (Å²) < 4.78 is 15.5. The average Bonchev–Trinajstić information content (AvgIpc) is 2.36. The zero-order valence-electron chi connectivity index (χ0n) is 10.9. The van der Waals surface area contributed by atoms with Gasteiger partial charge >= 0.3 is 0 Å². The van der Waals surface area contributed by atoms with E-state index in [0.29, 0.717) is 12.6 Å². The van der Waals surface area contributed by atoms with Gasteiger partial charge in [0.05, 0.1) is 20.8 Å². The molecule has 0 amide bonds. The second-order valence-corrected chi connectivity index (χ2v) is 3.96. The van der Waals surface area contributed by atoms with Gasteiger partial charge in [0.2, 0.25) is 0 Å². The number of ether oxygens (including phenoxy) is 3. The van der Waals surface area contributed by atoms with Crippen LogP contribution >= 0.6 is 0 Å². The Bertz CT molecular complexity index is 319. The summed E-state index contributed by atoms with van der Waals surface area (Å²) in [5, 5.41) is 3.37. The third-order valence-electron chi connectivity index (χ3n) is 2.48. The highest BCUT2D eigenvalue weighted by molar-refractivity contribution is 5.38. The number of methoxy groups -OCH3 is 3. The van der Waals surface area contributed by atoms with Gasteiger partial charge < -0.3 is 19.5 Å². The largest absolute Gasteiger partial charge is 0.497 e. The Balaban J connectivity index is 2.63. The summed E-state index contributed by atoms with van der Waals surface area (Å²) in [5.41, 5.74) is 1.13. The molecule has 0 unspecified atom stereocenters. The lowest BCUT2D eigenvalue weighted by Gasteiger charge is -2.14. The van der Waals surface area contributed by atoms with Crippen LogP contribution in [0.15, 0.2) is 18.2 Å². The van der Waals surface area contributed by atoms with Gasteiger partial charge in [-0.05, 0) is 24.6 Å². The first kappa shape index (κ1) is 13.8. The van der Waals surface area contributed by atoms with Crippen molar-refractivity contribution in [2.75, 3.05) is 27.9 Å². The van der Waals surface area contributed by atoms with Crippen LogP contribution in [0.1, 0.15) is 12.5 Å². The van der Waals surface area contributed by atoms with Crippen molar-refractivity contribution < 1.29 is 14.2 Å². The van der Waals surface area contributed by atoms with E-state index in [9.17, 15) is 0 Å². The van der Waals surface area contributed by atoms with Crippen molar-refractivity contribution in [1.29, 1.82) is 0 Å². The van der Waals surface area contributed by atoms with E-state index in [1.165, 1.54) is 0 Å². The Morgan fingerprint density at radius 1 is 1.06 bits per heavy atom. The fourth-order valence-electron chi connectivity index (χ4n) is 1.57. The summed E-state index contributed by atoms with van der Waals surface area (Å²) in [6.45, 7) is 3.54. The minimum atomic E-state index is 0.317. The molecule has 1 aromatic rings. The van der Waals surface area contributed by atoms with Gasteiger partial charge in [0.15, 0.2) is 0 Å². The van der Waals surface area contributed by atoms with Gasteiger partial charge in [-0.2, -0.15) is 0 Å². The lowest BCUT2D eigenvalue weighted by molar-refractivity contribution is 0.171. The van der Waals surface area contributed by atoms with Gasteiger partial charge in [-0.1, -0.05) is 0 Å². The zero-order chi connectivity index (χ0) is 12.7. The van der Waals surface area contributed by atoms with Crippen molar-refractivity contribution in [3.05, 3.63) is 23.8 Å². The fraction of sp³-hybridized carbons (Fsp3) is 0.538. The molecule has 0 aliphatic heterocycles. The molecule has 0 spiro atoms. The van der Waals surface area contributed by atoms with E-state index >= 15 is 0 Å². The van der Waals surface area contributed by atoms with Crippen LogP contribution in [0, 0.1) is 0 Å². The Morgan fingerprint density at radius 2 is 1.65 bits per heavy atom. The molecule has 0 aromatic heterocycles. The standard InChI is InChI=1S/C13H21NO3/c1-10(9-15-2)14-8-11-5-12(16-3)7-13(6-11)17-4/h5-7,10,14H,8-9H2,1-4H3/t10-/m0/s1. The van der Waals surface area contributed by atoms with Crippen LogP contribution < -0.4 is 14.8 Å². The second-order valence-electron chi connectivity index (χ2n) is 3.96. The smallest absolute Gasteiger partial charge is 0.122 e. The van der Waals surface area contributed by atoms with Crippen molar-refractivity contribution in [3.63, 3.8) is 0 Å². The van der Waals surface area contributed by atoms with Crippen LogP contribution in [0.5, 0.6) is 11.5 Å². The van der Waals surface area contributed by atoms with Crippen LogP contribution in [-0.2, 0) is 11.3 Å². The van der Waals surface area contributed by atoms with Crippen molar-refractivity contribution in [3.8, 4) is 11.5 Å². The molecule has 1 N–H and O–H groups in total. The molecule has 0 heterocycles. The Hall–Kier alpha value is -1.26. The summed E-state index contributed by atoms with van der Waals surface area (Å²) in [5.74, 6) is 1.61. The van der Waals surface area contributed by atoms with Crippen molar-refractivity contribution in [2.24, 2.45) is 0 Å². The predicted octanol–water partition coefficient (Wildman–Crippen LogP) is 1.83. The molecule has 1 aromatic carbocycles. The molecule has 0 fully saturated rings. The van der Waals surface area contributed by atoms with Gasteiger partial charge in [0.25, 0.3) is 0 Å². The summed E-state index contributed by atoms with van der Waals surface area (Å²) >= 11 is 0. The quantitative estimate of drug-likeness (QED) is 0.788. The van der Waals surface area contributed by atoms with Crippen molar-refractivity contribution in [1.82, 2.24) is 5.32 Å². The van der Waals surface area contributed by atoms with Gasteiger partial charge in [0, 0.05) is 25.8 Å². The summed E-state index contributed by atoms with van der Waals surface area (Å²) in [6, 6.07) is 6.17. The SMILES string of the molecule is COC[C@H](C)NCc1cc(OC)cc(OC)c1. The highest BCUT2D eigenvalue weighted by atomic mass is 16.5. The molecule has 0 bridgehead atoms. The number of benzene rings is 1. The molecular formula is C13H21NO3. The fourth-order valence-corrected chi connectivity index (χ4v) is 1.57. The Morgan fingerprint density at radius 3 is 2.12 bits per heavy atom. The number of rotatable bonds is 7. The molecule has 17 heavy (non-hydrogen) atoms. The average molecular weight is 239 g/mol. The number of nitrogens with one attached hydrogen (secondary N) is 1. The van der Waals surface area contributed by atoms with Crippen molar-refractivity contribution in [2.45, 2.75) is 19.5 Å². The van der Waals surface area contributed by atoms with E-state index in [2.05, 4.69) is 12.2 Å². The van der Waals surface area contributed by atoms with Crippen LogP contribution in [0.2, 0.25) is 0 Å². The minimum Gasteiger partial charge on any atom is -0.497 e. The Kier molecular flexibility index (Phi) is 5.80. The van der Waals surface area contributed by atoms with E-state index in [-0.39, 0.29) is 0 Å². The van der Waals surface area contributed by atoms with E-state index in [4.69, 9.17) is 14.2 Å². The Labute approximate surface area is 103 Å². The summed E-state index contributed by atoms with van der Waals surface area (Å²) in [4.78, 5) is 0. The summed E-state index contributed by atoms with van der Waals surface area (Å²) in [7, 11) is 5.01. The lowest BCUT2D eigenvalue weighted by atomic mass is 10.2.